The Balaban J connectivity index is 2.84. The Bertz CT molecular complexity index is 483. The topological polar surface area (TPSA) is 77.2 Å². The first-order chi connectivity index (χ1) is 10.1. The Morgan fingerprint density at radius 1 is 1.32 bits per heavy atom. The third-order valence-corrected chi connectivity index (χ3v) is 3.75. The van der Waals surface area contributed by atoms with Crippen LogP contribution in [-0.4, -0.2) is 27.1 Å². The zero-order valence-corrected chi connectivity index (χ0v) is 15.3. The number of alkyl carbamates (subject to hydrolysis) is 1. The zero-order valence-electron chi connectivity index (χ0n) is 14.5. The van der Waals surface area contributed by atoms with Crippen LogP contribution in [0, 0.1) is 5.92 Å². The fraction of sp³-hybridized carbons (Fsp3) is 0.800. The predicted octanol–water partition coefficient (Wildman–Crippen LogP) is 4.18. The summed E-state index contributed by atoms with van der Waals surface area (Å²) in [6, 6.07) is -0.353. The quantitative estimate of drug-likeness (QED) is 0.789. The summed E-state index contributed by atoms with van der Waals surface area (Å²) in [6.07, 6.45) is 0.393. The standard InChI is InChI=1S/C15H27N3O3S/c1-8-10(4)11(16-13(19)21-15(5,6)7)12-17-18-14(20-12)22-9(2)3/h9-11H,8H2,1-7H3,(H,16,19)/t10?,11-/m0/s1. The number of carbonyl (C=O) groups is 1. The summed E-state index contributed by atoms with van der Waals surface area (Å²) < 4.78 is 11.0. The Hall–Kier alpha value is -1.24. The van der Waals surface area contributed by atoms with Gasteiger partial charge in [0.05, 0.1) is 0 Å². The fourth-order valence-corrected chi connectivity index (χ4v) is 2.34. The van der Waals surface area contributed by atoms with Crippen LogP contribution in [-0.2, 0) is 4.74 Å². The van der Waals surface area contributed by atoms with E-state index in [2.05, 4.69) is 36.3 Å². The Morgan fingerprint density at radius 3 is 2.45 bits per heavy atom. The normalized spacial score (nSPS) is 14.7. The molecule has 0 fully saturated rings. The van der Waals surface area contributed by atoms with Gasteiger partial charge in [-0.15, -0.1) is 10.2 Å². The lowest BCUT2D eigenvalue weighted by Crippen LogP contribution is -2.37. The Kier molecular flexibility index (Phi) is 6.71. The maximum Gasteiger partial charge on any atom is 0.408 e. The molecule has 0 aliphatic heterocycles. The van der Waals surface area contributed by atoms with Crippen LogP contribution in [0.4, 0.5) is 4.79 Å². The van der Waals surface area contributed by atoms with Crippen molar-refractivity contribution in [1.82, 2.24) is 15.5 Å². The molecule has 0 aliphatic rings. The molecule has 0 spiro atoms. The van der Waals surface area contributed by atoms with Crippen LogP contribution < -0.4 is 5.32 Å². The van der Waals surface area contributed by atoms with Crippen LogP contribution >= 0.6 is 11.8 Å². The second-order valence-corrected chi connectivity index (χ2v) is 8.11. The highest BCUT2D eigenvalue weighted by atomic mass is 32.2. The number of hydrogen-bond acceptors (Lipinski definition) is 6. The van der Waals surface area contributed by atoms with Crippen LogP contribution in [0.25, 0.3) is 0 Å². The highest BCUT2D eigenvalue weighted by molar-refractivity contribution is 7.99. The molecule has 1 rings (SSSR count). The molecule has 0 saturated heterocycles. The minimum atomic E-state index is -0.544. The van der Waals surface area contributed by atoms with E-state index in [9.17, 15) is 4.79 Å². The van der Waals surface area contributed by atoms with E-state index in [-0.39, 0.29) is 12.0 Å². The van der Waals surface area contributed by atoms with E-state index in [4.69, 9.17) is 9.15 Å². The first-order valence-electron chi connectivity index (χ1n) is 7.62. The molecule has 1 heterocycles. The van der Waals surface area contributed by atoms with Gasteiger partial charge in [0.15, 0.2) is 0 Å². The third-order valence-electron chi connectivity index (χ3n) is 2.91. The number of nitrogens with zero attached hydrogens (tertiary/aromatic N) is 2. The van der Waals surface area contributed by atoms with Gasteiger partial charge in [0, 0.05) is 5.25 Å². The minimum absolute atomic E-state index is 0.157. The van der Waals surface area contributed by atoms with Gasteiger partial charge in [0.25, 0.3) is 5.22 Å². The lowest BCUT2D eigenvalue weighted by atomic mass is 9.99. The molecule has 0 saturated carbocycles. The van der Waals surface area contributed by atoms with Gasteiger partial charge in [0.1, 0.15) is 11.6 Å². The van der Waals surface area contributed by atoms with E-state index in [0.717, 1.165) is 6.42 Å². The number of amides is 1. The maximum absolute atomic E-state index is 12.0. The van der Waals surface area contributed by atoms with Crippen molar-refractivity contribution < 1.29 is 13.9 Å². The molecule has 1 aromatic rings. The van der Waals surface area contributed by atoms with Crippen molar-refractivity contribution in [2.45, 2.75) is 77.0 Å². The first-order valence-corrected chi connectivity index (χ1v) is 8.50. The second kappa shape index (κ2) is 7.85. The minimum Gasteiger partial charge on any atom is -0.444 e. The van der Waals surface area contributed by atoms with Gasteiger partial charge < -0.3 is 14.5 Å². The van der Waals surface area contributed by atoms with Gasteiger partial charge >= 0.3 is 6.09 Å². The van der Waals surface area contributed by atoms with Crippen molar-refractivity contribution in [3.05, 3.63) is 5.89 Å². The van der Waals surface area contributed by atoms with Crippen LogP contribution in [0.1, 0.15) is 66.8 Å². The molecule has 1 aromatic heterocycles. The first kappa shape index (κ1) is 18.8. The summed E-state index contributed by atoms with van der Waals surface area (Å²) in [6.45, 7) is 13.7. The fourth-order valence-electron chi connectivity index (χ4n) is 1.71. The van der Waals surface area contributed by atoms with Crippen molar-refractivity contribution >= 4 is 17.9 Å². The van der Waals surface area contributed by atoms with Gasteiger partial charge in [-0.1, -0.05) is 45.9 Å². The highest BCUT2D eigenvalue weighted by Gasteiger charge is 2.28. The molecule has 7 heteroatoms. The van der Waals surface area contributed by atoms with Gasteiger partial charge in [-0.05, 0) is 26.7 Å². The SMILES string of the molecule is CCC(C)[C@H](NC(=O)OC(C)(C)C)c1nnc(SC(C)C)o1. The third kappa shape index (κ3) is 6.25. The monoisotopic (exact) mass is 329 g/mol. The molecule has 22 heavy (non-hydrogen) atoms. The number of rotatable bonds is 6. The Labute approximate surface area is 136 Å². The number of ether oxygens (including phenoxy) is 1. The van der Waals surface area contributed by atoms with E-state index in [1.54, 1.807) is 0 Å². The predicted molar refractivity (Wildman–Crippen MR) is 86.9 cm³/mol. The van der Waals surface area contributed by atoms with Crippen LogP contribution in [0.3, 0.4) is 0 Å². The van der Waals surface area contributed by atoms with E-state index in [1.165, 1.54) is 11.8 Å². The van der Waals surface area contributed by atoms with Crippen molar-refractivity contribution in [3.63, 3.8) is 0 Å². The molecule has 0 aromatic carbocycles. The molecule has 0 aliphatic carbocycles. The average Bonchev–Trinajstić information content (AvgIpc) is 2.80. The average molecular weight is 329 g/mol. The summed E-state index contributed by atoms with van der Waals surface area (Å²) in [4.78, 5) is 12.0. The smallest absolute Gasteiger partial charge is 0.408 e. The molecule has 0 radical (unpaired) electrons. The highest BCUT2D eigenvalue weighted by Crippen LogP contribution is 2.28. The van der Waals surface area contributed by atoms with E-state index < -0.39 is 11.7 Å². The van der Waals surface area contributed by atoms with Crippen LogP contribution in [0.5, 0.6) is 0 Å². The number of nitrogens with one attached hydrogen (secondary N) is 1. The molecule has 6 nitrogen and oxygen atoms in total. The molecular formula is C15H27N3O3S. The number of hydrogen-bond donors (Lipinski definition) is 1. The summed E-state index contributed by atoms with van der Waals surface area (Å²) in [5, 5.41) is 11.8. The molecule has 1 unspecified atom stereocenters. The molecular weight excluding hydrogens is 302 g/mol. The van der Waals surface area contributed by atoms with Crippen molar-refractivity contribution in [1.29, 1.82) is 0 Å². The molecule has 126 valence electrons. The molecule has 0 bridgehead atoms. The van der Waals surface area contributed by atoms with Crippen molar-refractivity contribution in [2.24, 2.45) is 5.92 Å². The van der Waals surface area contributed by atoms with Crippen molar-refractivity contribution in [2.75, 3.05) is 0 Å². The molecule has 2 atom stereocenters. The maximum atomic E-state index is 12.0. The van der Waals surface area contributed by atoms with Gasteiger partial charge in [-0.25, -0.2) is 4.79 Å². The largest absolute Gasteiger partial charge is 0.444 e. The second-order valence-electron chi connectivity index (χ2n) is 6.58. The summed E-state index contributed by atoms with van der Waals surface area (Å²) >= 11 is 1.50. The lowest BCUT2D eigenvalue weighted by Gasteiger charge is -2.24. The van der Waals surface area contributed by atoms with Crippen LogP contribution in [0.15, 0.2) is 9.64 Å². The van der Waals surface area contributed by atoms with Gasteiger partial charge in [0.2, 0.25) is 5.89 Å². The van der Waals surface area contributed by atoms with E-state index in [0.29, 0.717) is 16.4 Å². The summed E-state index contributed by atoms with van der Waals surface area (Å²) in [7, 11) is 0. The van der Waals surface area contributed by atoms with E-state index in [1.807, 2.05) is 27.7 Å². The number of thioether (sulfide) groups is 1. The zero-order chi connectivity index (χ0) is 16.9. The van der Waals surface area contributed by atoms with Crippen LogP contribution in [0.2, 0.25) is 0 Å². The number of carbonyl (C=O) groups excluding carboxylic acids is 1. The molecule has 1 N–H and O–H groups in total. The lowest BCUT2D eigenvalue weighted by molar-refractivity contribution is 0.0473. The van der Waals surface area contributed by atoms with Gasteiger partial charge in [-0.2, -0.15) is 0 Å². The summed E-state index contributed by atoms with van der Waals surface area (Å²) in [5.74, 6) is 0.577. The van der Waals surface area contributed by atoms with Gasteiger partial charge in [-0.3, -0.25) is 0 Å². The Morgan fingerprint density at radius 2 is 1.95 bits per heavy atom. The summed E-state index contributed by atoms with van der Waals surface area (Å²) in [5.41, 5.74) is -0.544. The molecule has 1 amide bonds. The number of aromatic nitrogens is 2. The van der Waals surface area contributed by atoms with Crippen molar-refractivity contribution in [3.8, 4) is 0 Å². The van der Waals surface area contributed by atoms with E-state index >= 15 is 0 Å².